The minimum absolute atomic E-state index is 0.173. The molecule has 2 rings (SSSR count). The highest BCUT2D eigenvalue weighted by Gasteiger charge is 2.24. The molecule has 2 N–H and O–H groups in total. The van der Waals surface area contributed by atoms with E-state index in [1.54, 1.807) is 12.1 Å². The fourth-order valence-electron chi connectivity index (χ4n) is 1.38. The van der Waals surface area contributed by atoms with Crippen molar-refractivity contribution in [2.75, 3.05) is 5.43 Å². The number of nitrogens with one attached hydrogen (secondary N) is 2. The number of carboxylic acids is 1. The Bertz CT molecular complexity index is 408. The van der Waals surface area contributed by atoms with Crippen LogP contribution in [-0.4, -0.2) is 5.97 Å². The molecule has 0 aliphatic heterocycles. The fourth-order valence-corrected chi connectivity index (χ4v) is 1.38. The average Bonchev–Trinajstić information content (AvgIpc) is 3.10. The SMILES string of the molecule is C=C(NNc1ccc(C(=O)[O-])cc1)C1CC1. The van der Waals surface area contributed by atoms with Crippen molar-refractivity contribution in [1.29, 1.82) is 0 Å². The minimum atomic E-state index is -1.16. The first kappa shape index (κ1) is 10.5. The maximum absolute atomic E-state index is 10.5. The Kier molecular flexibility index (Phi) is 2.81. The van der Waals surface area contributed by atoms with Gasteiger partial charge in [-0.15, -0.1) is 0 Å². The number of hydrogen-bond donors (Lipinski definition) is 2. The quantitative estimate of drug-likeness (QED) is 0.719. The Balaban J connectivity index is 1.89. The first-order valence-electron chi connectivity index (χ1n) is 5.19. The van der Waals surface area contributed by atoms with Gasteiger partial charge in [0.25, 0.3) is 0 Å². The van der Waals surface area contributed by atoms with Crippen LogP contribution in [-0.2, 0) is 0 Å². The van der Waals surface area contributed by atoms with E-state index in [1.807, 2.05) is 0 Å². The van der Waals surface area contributed by atoms with Crippen LogP contribution in [0.25, 0.3) is 0 Å². The van der Waals surface area contributed by atoms with Crippen molar-refractivity contribution in [2.45, 2.75) is 12.8 Å². The van der Waals surface area contributed by atoms with Gasteiger partial charge in [0.2, 0.25) is 0 Å². The summed E-state index contributed by atoms with van der Waals surface area (Å²) in [7, 11) is 0. The van der Waals surface area contributed by atoms with Crippen LogP contribution in [0.3, 0.4) is 0 Å². The topological polar surface area (TPSA) is 64.2 Å². The van der Waals surface area contributed by atoms with Crippen molar-refractivity contribution in [3.8, 4) is 0 Å². The molecule has 0 spiro atoms. The van der Waals surface area contributed by atoms with Crippen LogP contribution < -0.4 is 16.0 Å². The van der Waals surface area contributed by atoms with E-state index in [4.69, 9.17) is 0 Å². The first-order valence-corrected chi connectivity index (χ1v) is 5.19. The molecule has 4 heteroatoms. The van der Waals surface area contributed by atoms with Gasteiger partial charge in [-0.1, -0.05) is 18.7 Å². The molecule has 1 aromatic carbocycles. The number of allylic oxidation sites excluding steroid dienone is 1. The van der Waals surface area contributed by atoms with E-state index in [2.05, 4.69) is 17.4 Å². The van der Waals surface area contributed by atoms with E-state index in [9.17, 15) is 9.90 Å². The third-order valence-electron chi connectivity index (χ3n) is 2.56. The molecule has 0 aromatic heterocycles. The molecule has 1 saturated carbocycles. The van der Waals surface area contributed by atoms with Gasteiger partial charge in [0.15, 0.2) is 0 Å². The highest BCUT2D eigenvalue weighted by molar-refractivity contribution is 5.86. The minimum Gasteiger partial charge on any atom is -0.545 e. The second-order valence-corrected chi connectivity index (χ2v) is 3.91. The van der Waals surface area contributed by atoms with Gasteiger partial charge in [0.05, 0.1) is 11.7 Å². The number of carboxylic acid groups (broad SMARTS) is 1. The van der Waals surface area contributed by atoms with Gasteiger partial charge >= 0.3 is 0 Å². The summed E-state index contributed by atoms with van der Waals surface area (Å²) in [5, 5.41) is 10.5. The van der Waals surface area contributed by atoms with E-state index in [1.165, 1.54) is 25.0 Å². The Labute approximate surface area is 94.0 Å². The zero-order valence-corrected chi connectivity index (χ0v) is 8.82. The van der Waals surface area contributed by atoms with Crippen LogP contribution in [0.4, 0.5) is 5.69 Å². The zero-order valence-electron chi connectivity index (χ0n) is 8.82. The number of carbonyl (C=O) groups excluding carboxylic acids is 1. The van der Waals surface area contributed by atoms with E-state index in [0.717, 1.165) is 11.4 Å². The molecule has 0 heterocycles. The van der Waals surface area contributed by atoms with Gasteiger partial charge in [-0.3, -0.25) is 0 Å². The lowest BCUT2D eigenvalue weighted by atomic mass is 10.2. The summed E-state index contributed by atoms with van der Waals surface area (Å²) < 4.78 is 0. The summed E-state index contributed by atoms with van der Waals surface area (Å²) in [6.45, 7) is 3.90. The summed E-state index contributed by atoms with van der Waals surface area (Å²) in [6, 6.07) is 6.36. The summed E-state index contributed by atoms with van der Waals surface area (Å²) in [5.41, 5.74) is 7.92. The number of rotatable bonds is 5. The number of hydrogen-bond acceptors (Lipinski definition) is 4. The van der Waals surface area contributed by atoms with E-state index < -0.39 is 5.97 Å². The lowest BCUT2D eigenvalue weighted by Crippen LogP contribution is -2.23. The van der Waals surface area contributed by atoms with Gasteiger partial charge in [-0.2, -0.15) is 0 Å². The maximum Gasteiger partial charge on any atom is 0.0715 e. The van der Waals surface area contributed by atoms with Gasteiger partial charge in [-0.25, -0.2) is 0 Å². The molecule has 84 valence electrons. The normalized spacial score (nSPS) is 14.2. The number of aromatic carboxylic acids is 1. The van der Waals surface area contributed by atoms with E-state index >= 15 is 0 Å². The third-order valence-corrected chi connectivity index (χ3v) is 2.56. The van der Waals surface area contributed by atoms with Crippen molar-refractivity contribution >= 4 is 11.7 Å². The van der Waals surface area contributed by atoms with E-state index in [0.29, 0.717) is 5.92 Å². The molecular weight excluding hydrogens is 204 g/mol. The lowest BCUT2D eigenvalue weighted by molar-refractivity contribution is -0.255. The number of benzene rings is 1. The van der Waals surface area contributed by atoms with Gasteiger partial charge < -0.3 is 20.8 Å². The van der Waals surface area contributed by atoms with E-state index in [-0.39, 0.29) is 5.56 Å². The lowest BCUT2D eigenvalue weighted by Gasteiger charge is -2.12. The molecule has 0 unspecified atom stereocenters. The maximum atomic E-state index is 10.5. The van der Waals surface area contributed by atoms with Crippen LogP contribution in [0.5, 0.6) is 0 Å². The molecule has 0 bridgehead atoms. The van der Waals surface area contributed by atoms with Crippen LogP contribution >= 0.6 is 0 Å². The molecule has 4 nitrogen and oxygen atoms in total. The van der Waals surface area contributed by atoms with Crippen molar-refractivity contribution in [3.63, 3.8) is 0 Å². The Hall–Kier alpha value is -1.97. The Morgan fingerprint density at radius 3 is 2.44 bits per heavy atom. The Morgan fingerprint density at radius 2 is 1.94 bits per heavy atom. The summed E-state index contributed by atoms with van der Waals surface area (Å²) in [4.78, 5) is 10.5. The molecule has 1 aromatic rings. The molecule has 1 aliphatic carbocycles. The largest absolute Gasteiger partial charge is 0.545 e. The summed E-state index contributed by atoms with van der Waals surface area (Å²) in [5.74, 6) is -0.586. The smallest absolute Gasteiger partial charge is 0.0715 e. The van der Waals surface area contributed by atoms with Gasteiger partial charge in [0, 0.05) is 5.70 Å². The highest BCUT2D eigenvalue weighted by atomic mass is 16.4. The first-order chi connectivity index (χ1) is 7.66. The number of carbonyl (C=O) groups is 1. The number of hydrazine groups is 1. The summed E-state index contributed by atoms with van der Waals surface area (Å²) in [6.07, 6.45) is 2.38. The van der Waals surface area contributed by atoms with Crippen molar-refractivity contribution in [2.24, 2.45) is 5.92 Å². The molecule has 1 aliphatic rings. The molecule has 1 fully saturated rings. The highest BCUT2D eigenvalue weighted by Crippen LogP contribution is 2.33. The number of anilines is 1. The Morgan fingerprint density at radius 1 is 1.31 bits per heavy atom. The summed E-state index contributed by atoms with van der Waals surface area (Å²) >= 11 is 0. The van der Waals surface area contributed by atoms with Gasteiger partial charge in [-0.05, 0) is 36.5 Å². The standard InChI is InChI=1S/C12H14N2O2/c1-8(9-2-3-9)13-14-11-6-4-10(5-7-11)12(15)16/h4-7,9,13-14H,1-3H2,(H,15,16)/p-1. The van der Waals surface area contributed by atoms with Gasteiger partial charge in [0.1, 0.15) is 0 Å². The molecule has 0 amide bonds. The van der Waals surface area contributed by atoms with Crippen LogP contribution in [0.1, 0.15) is 23.2 Å². The zero-order chi connectivity index (χ0) is 11.5. The second kappa shape index (κ2) is 4.26. The molecule has 16 heavy (non-hydrogen) atoms. The van der Waals surface area contributed by atoms with Crippen molar-refractivity contribution < 1.29 is 9.90 Å². The molecule has 0 radical (unpaired) electrons. The fraction of sp³-hybridized carbons (Fsp3) is 0.250. The van der Waals surface area contributed by atoms with Crippen molar-refractivity contribution in [3.05, 3.63) is 42.1 Å². The average molecular weight is 217 g/mol. The van der Waals surface area contributed by atoms with Crippen LogP contribution in [0.2, 0.25) is 0 Å². The molecule has 0 atom stereocenters. The van der Waals surface area contributed by atoms with Crippen LogP contribution in [0, 0.1) is 5.92 Å². The van der Waals surface area contributed by atoms with Crippen molar-refractivity contribution in [1.82, 2.24) is 5.43 Å². The molecular formula is C12H13N2O2-. The third kappa shape index (κ3) is 2.53. The second-order valence-electron chi connectivity index (χ2n) is 3.91. The monoisotopic (exact) mass is 217 g/mol. The van der Waals surface area contributed by atoms with Crippen LogP contribution in [0.15, 0.2) is 36.5 Å². The molecule has 0 saturated heterocycles. The predicted octanol–water partition coefficient (Wildman–Crippen LogP) is 0.890. The predicted molar refractivity (Wildman–Crippen MR) is 59.4 cm³/mol.